The van der Waals surface area contributed by atoms with Gasteiger partial charge in [-0.1, -0.05) is 32.0 Å². The summed E-state index contributed by atoms with van der Waals surface area (Å²) in [6.45, 7) is 4.30. The van der Waals surface area contributed by atoms with Crippen LogP contribution in [-0.4, -0.2) is 11.8 Å². The molecule has 0 aliphatic heterocycles. The predicted molar refractivity (Wildman–Crippen MR) is 69.1 cm³/mol. The molecule has 0 bridgehead atoms. The van der Waals surface area contributed by atoms with Crippen LogP contribution in [-0.2, 0) is 4.79 Å². The van der Waals surface area contributed by atoms with Gasteiger partial charge in [-0.2, -0.15) is 0 Å². The highest BCUT2D eigenvalue weighted by Gasteiger charge is 2.10. The number of hydrogen-bond donors (Lipinski definition) is 1. The lowest BCUT2D eigenvalue weighted by Gasteiger charge is -2.15. The van der Waals surface area contributed by atoms with E-state index in [1.165, 1.54) is 5.56 Å². The first-order chi connectivity index (χ1) is 7.69. The summed E-state index contributed by atoms with van der Waals surface area (Å²) in [5.74, 6) is 0.787. The van der Waals surface area contributed by atoms with Crippen molar-refractivity contribution in [2.45, 2.75) is 32.6 Å². The summed E-state index contributed by atoms with van der Waals surface area (Å²) in [6.07, 6.45) is 1.42. The molecule has 0 aromatic heterocycles. The third-order valence-electron chi connectivity index (χ3n) is 2.70. The van der Waals surface area contributed by atoms with Crippen LogP contribution in [0.5, 0.6) is 0 Å². The third-order valence-corrected chi connectivity index (χ3v) is 2.89. The summed E-state index contributed by atoms with van der Waals surface area (Å²) in [5, 5.41) is 2.90. The monoisotopic (exact) mass is 239 g/mol. The number of benzene rings is 1. The standard InChI is InChI=1S/C13H18ClNO/c1-3-10(2)11-6-4-5-7-12(11)15-13(16)8-9-14/h4-7,10H,3,8-9H2,1-2H3,(H,15,16). The van der Waals surface area contributed by atoms with Crippen molar-refractivity contribution in [3.8, 4) is 0 Å². The minimum Gasteiger partial charge on any atom is -0.326 e. The van der Waals surface area contributed by atoms with E-state index >= 15 is 0 Å². The van der Waals surface area contributed by atoms with Crippen molar-refractivity contribution in [2.24, 2.45) is 0 Å². The van der Waals surface area contributed by atoms with Crippen molar-refractivity contribution in [3.63, 3.8) is 0 Å². The number of rotatable bonds is 5. The first-order valence-corrected chi connectivity index (χ1v) is 6.17. The van der Waals surface area contributed by atoms with E-state index in [1.54, 1.807) is 0 Å². The summed E-state index contributed by atoms with van der Waals surface area (Å²) < 4.78 is 0. The quantitative estimate of drug-likeness (QED) is 0.779. The van der Waals surface area contributed by atoms with E-state index in [2.05, 4.69) is 25.2 Å². The van der Waals surface area contributed by atoms with Crippen LogP contribution in [0.25, 0.3) is 0 Å². The minimum atomic E-state index is -0.0225. The Balaban J connectivity index is 2.82. The Labute approximate surface area is 102 Å². The second kappa shape index (κ2) is 6.54. The molecule has 1 aromatic rings. The Bertz CT molecular complexity index is 352. The lowest BCUT2D eigenvalue weighted by molar-refractivity contribution is -0.115. The number of halogens is 1. The molecule has 1 N–H and O–H groups in total. The average molecular weight is 240 g/mol. The Morgan fingerprint density at radius 2 is 2.12 bits per heavy atom. The Hall–Kier alpha value is -1.02. The normalized spacial score (nSPS) is 12.2. The van der Waals surface area contributed by atoms with Crippen molar-refractivity contribution in [3.05, 3.63) is 29.8 Å². The number of alkyl halides is 1. The van der Waals surface area contributed by atoms with E-state index in [0.29, 0.717) is 18.2 Å². The molecule has 1 amide bonds. The zero-order valence-electron chi connectivity index (χ0n) is 9.79. The molecule has 1 atom stereocenters. The van der Waals surface area contributed by atoms with Gasteiger partial charge in [0.1, 0.15) is 0 Å². The van der Waals surface area contributed by atoms with Crippen molar-refractivity contribution < 1.29 is 4.79 Å². The summed E-state index contributed by atoms with van der Waals surface area (Å²) >= 11 is 5.53. The van der Waals surface area contributed by atoms with Crippen LogP contribution in [0.2, 0.25) is 0 Å². The van der Waals surface area contributed by atoms with Gasteiger partial charge in [0, 0.05) is 18.0 Å². The molecule has 1 rings (SSSR count). The molecule has 1 aromatic carbocycles. The van der Waals surface area contributed by atoms with Gasteiger partial charge in [-0.15, -0.1) is 11.6 Å². The molecule has 2 nitrogen and oxygen atoms in total. The number of hydrogen-bond acceptors (Lipinski definition) is 1. The van der Waals surface area contributed by atoms with E-state index in [1.807, 2.05) is 18.2 Å². The van der Waals surface area contributed by atoms with Crippen LogP contribution < -0.4 is 5.32 Å². The smallest absolute Gasteiger partial charge is 0.225 e. The van der Waals surface area contributed by atoms with Gasteiger partial charge in [0.15, 0.2) is 0 Å². The molecule has 1 unspecified atom stereocenters. The molecule has 0 aliphatic rings. The highest BCUT2D eigenvalue weighted by atomic mass is 35.5. The van der Waals surface area contributed by atoms with Gasteiger partial charge in [-0.25, -0.2) is 0 Å². The molecule has 0 heterocycles. The molecule has 0 saturated carbocycles. The molecule has 3 heteroatoms. The van der Waals surface area contributed by atoms with Gasteiger partial charge in [0.05, 0.1) is 0 Å². The van der Waals surface area contributed by atoms with Crippen LogP contribution in [0.15, 0.2) is 24.3 Å². The van der Waals surface area contributed by atoms with Crippen LogP contribution in [0.4, 0.5) is 5.69 Å². The SMILES string of the molecule is CCC(C)c1ccccc1NC(=O)CCCl. The number of nitrogens with one attached hydrogen (secondary N) is 1. The lowest BCUT2D eigenvalue weighted by atomic mass is 9.97. The summed E-state index contributed by atoms with van der Waals surface area (Å²) in [7, 11) is 0. The second-order valence-corrected chi connectivity index (χ2v) is 4.26. The molecule has 0 fully saturated rings. The fourth-order valence-electron chi connectivity index (χ4n) is 1.56. The number of anilines is 1. The molecule has 0 spiro atoms. The van der Waals surface area contributed by atoms with Gasteiger partial charge in [-0.3, -0.25) is 4.79 Å². The van der Waals surface area contributed by atoms with Crippen molar-refractivity contribution >= 4 is 23.2 Å². The molecule has 0 saturated heterocycles. The topological polar surface area (TPSA) is 29.1 Å². The molecule has 0 radical (unpaired) electrons. The Morgan fingerprint density at radius 1 is 1.44 bits per heavy atom. The van der Waals surface area contributed by atoms with Crippen LogP contribution >= 0.6 is 11.6 Å². The Kier molecular flexibility index (Phi) is 5.33. The fraction of sp³-hybridized carbons (Fsp3) is 0.462. The molecular formula is C13H18ClNO. The van der Waals surface area contributed by atoms with E-state index < -0.39 is 0 Å². The minimum absolute atomic E-state index is 0.0225. The van der Waals surface area contributed by atoms with Gasteiger partial charge in [0.2, 0.25) is 5.91 Å². The first kappa shape index (κ1) is 13.0. The zero-order chi connectivity index (χ0) is 12.0. The summed E-state index contributed by atoms with van der Waals surface area (Å²) in [5.41, 5.74) is 2.10. The highest BCUT2D eigenvalue weighted by Crippen LogP contribution is 2.26. The van der Waals surface area contributed by atoms with Crippen molar-refractivity contribution in [1.29, 1.82) is 0 Å². The van der Waals surface area contributed by atoms with Gasteiger partial charge >= 0.3 is 0 Å². The average Bonchev–Trinajstić information content (AvgIpc) is 2.29. The number of para-hydroxylation sites is 1. The maximum Gasteiger partial charge on any atom is 0.225 e. The van der Waals surface area contributed by atoms with Crippen LogP contribution in [0.1, 0.15) is 38.2 Å². The highest BCUT2D eigenvalue weighted by molar-refractivity contribution is 6.19. The Morgan fingerprint density at radius 3 is 2.75 bits per heavy atom. The van der Waals surface area contributed by atoms with Gasteiger partial charge in [-0.05, 0) is 24.0 Å². The lowest BCUT2D eigenvalue weighted by Crippen LogP contribution is -2.13. The number of carbonyl (C=O) groups excluding carboxylic acids is 1. The van der Waals surface area contributed by atoms with E-state index in [9.17, 15) is 4.79 Å². The first-order valence-electron chi connectivity index (χ1n) is 5.63. The fourth-order valence-corrected chi connectivity index (χ4v) is 1.73. The molecule has 0 aliphatic carbocycles. The van der Waals surface area contributed by atoms with E-state index in [4.69, 9.17) is 11.6 Å². The molecular weight excluding hydrogens is 222 g/mol. The van der Waals surface area contributed by atoms with E-state index in [0.717, 1.165) is 12.1 Å². The largest absolute Gasteiger partial charge is 0.326 e. The number of amides is 1. The van der Waals surface area contributed by atoms with Crippen molar-refractivity contribution in [2.75, 3.05) is 11.2 Å². The number of carbonyl (C=O) groups is 1. The maximum atomic E-state index is 11.5. The van der Waals surface area contributed by atoms with E-state index in [-0.39, 0.29) is 5.91 Å². The third kappa shape index (κ3) is 3.53. The maximum absolute atomic E-state index is 11.5. The van der Waals surface area contributed by atoms with Gasteiger partial charge < -0.3 is 5.32 Å². The zero-order valence-corrected chi connectivity index (χ0v) is 10.6. The predicted octanol–water partition coefficient (Wildman–Crippen LogP) is 3.77. The van der Waals surface area contributed by atoms with Gasteiger partial charge in [0.25, 0.3) is 0 Å². The summed E-state index contributed by atoms with van der Waals surface area (Å²) in [4.78, 5) is 11.5. The molecule has 88 valence electrons. The van der Waals surface area contributed by atoms with Crippen LogP contribution in [0, 0.1) is 0 Å². The van der Waals surface area contributed by atoms with Crippen LogP contribution in [0.3, 0.4) is 0 Å². The molecule has 16 heavy (non-hydrogen) atoms. The van der Waals surface area contributed by atoms with Crippen molar-refractivity contribution in [1.82, 2.24) is 0 Å². The summed E-state index contributed by atoms with van der Waals surface area (Å²) in [6, 6.07) is 7.93. The second-order valence-electron chi connectivity index (χ2n) is 3.88.